The second kappa shape index (κ2) is 6.78. The van der Waals surface area contributed by atoms with Crippen LogP contribution in [0.25, 0.3) is 10.2 Å². The van der Waals surface area contributed by atoms with Gasteiger partial charge in [-0.15, -0.1) is 11.3 Å². The van der Waals surface area contributed by atoms with Gasteiger partial charge in [0, 0.05) is 12.8 Å². The number of anilines is 1. The van der Waals surface area contributed by atoms with Crippen molar-refractivity contribution >= 4 is 61.3 Å². The highest BCUT2D eigenvalue weighted by molar-refractivity contribution is 7.22. The van der Waals surface area contributed by atoms with E-state index in [-0.39, 0.29) is 24.5 Å². The fourth-order valence-electron chi connectivity index (χ4n) is 2.08. The molecule has 0 bridgehead atoms. The number of nitrogens with one attached hydrogen (secondary N) is 1. The van der Waals surface area contributed by atoms with E-state index in [0.29, 0.717) is 14.3 Å². The smallest absolute Gasteiger partial charge is 0.226 e. The first-order chi connectivity index (χ1) is 11.0. The van der Waals surface area contributed by atoms with Gasteiger partial charge in [0.15, 0.2) is 10.9 Å². The average molecular weight is 365 g/mol. The lowest BCUT2D eigenvalue weighted by Gasteiger charge is -2.00. The van der Waals surface area contributed by atoms with Crippen LogP contribution in [0, 0.1) is 6.92 Å². The zero-order chi connectivity index (χ0) is 16.4. The molecule has 2 aromatic heterocycles. The van der Waals surface area contributed by atoms with Crippen LogP contribution in [0.1, 0.15) is 28.1 Å². The molecule has 0 atom stereocenters. The molecule has 0 aliphatic carbocycles. The van der Waals surface area contributed by atoms with Crippen LogP contribution in [0.4, 0.5) is 5.13 Å². The monoisotopic (exact) mass is 364 g/mol. The predicted octanol–water partition coefficient (Wildman–Crippen LogP) is 4.92. The fourth-order valence-corrected chi connectivity index (χ4v) is 4.07. The van der Waals surface area contributed by atoms with Gasteiger partial charge >= 0.3 is 0 Å². The molecular weight excluding hydrogens is 352 g/mol. The molecule has 0 spiro atoms. The normalized spacial score (nSPS) is 10.9. The first kappa shape index (κ1) is 16.1. The van der Waals surface area contributed by atoms with Crippen LogP contribution in [-0.2, 0) is 4.79 Å². The van der Waals surface area contributed by atoms with Crippen LogP contribution in [-0.4, -0.2) is 16.7 Å². The maximum Gasteiger partial charge on any atom is 0.226 e. The molecule has 4 nitrogen and oxygen atoms in total. The van der Waals surface area contributed by atoms with E-state index in [1.807, 2.05) is 25.1 Å². The summed E-state index contributed by atoms with van der Waals surface area (Å²) in [5.41, 5.74) is 2.01. The van der Waals surface area contributed by atoms with Crippen molar-refractivity contribution in [1.29, 1.82) is 0 Å². The molecule has 2 heterocycles. The number of carbonyl (C=O) groups excluding carboxylic acids is 2. The molecule has 0 radical (unpaired) electrons. The van der Waals surface area contributed by atoms with Crippen LogP contribution < -0.4 is 5.32 Å². The van der Waals surface area contributed by atoms with Crippen molar-refractivity contribution in [2.24, 2.45) is 0 Å². The fraction of sp³-hybridized carbons (Fsp3) is 0.188. The number of aryl methyl sites for hydroxylation is 1. The number of benzene rings is 1. The topological polar surface area (TPSA) is 59.1 Å². The van der Waals surface area contributed by atoms with Crippen molar-refractivity contribution < 1.29 is 9.59 Å². The molecule has 1 aromatic carbocycles. The van der Waals surface area contributed by atoms with Gasteiger partial charge in [-0.25, -0.2) is 4.98 Å². The average Bonchev–Trinajstić information content (AvgIpc) is 3.10. The summed E-state index contributed by atoms with van der Waals surface area (Å²) in [6.07, 6.45) is 0.288. The van der Waals surface area contributed by atoms with Crippen molar-refractivity contribution in [2.75, 3.05) is 5.32 Å². The van der Waals surface area contributed by atoms with Crippen LogP contribution in [0.5, 0.6) is 0 Å². The van der Waals surface area contributed by atoms with Gasteiger partial charge in [-0.05, 0) is 36.8 Å². The minimum absolute atomic E-state index is 0.0722. The van der Waals surface area contributed by atoms with Crippen LogP contribution in [0.3, 0.4) is 0 Å². The number of carbonyl (C=O) groups is 2. The van der Waals surface area contributed by atoms with E-state index >= 15 is 0 Å². The number of fused-ring (bicyclic) bond motifs is 1. The molecule has 1 amide bonds. The molecule has 0 aliphatic heterocycles. The molecule has 1 N–H and O–H groups in total. The maximum absolute atomic E-state index is 12.0. The van der Waals surface area contributed by atoms with E-state index in [1.54, 1.807) is 12.1 Å². The number of hydrogen-bond acceptors (Lipinski definition) is 5. The largest absolute Gasteiger partial charge is 0.302 e. The van der Waals surface area contributed by atoms with Gasteiger partial charge in [-0.2, -0.15) is 0 Å². The number of thiophene rings is 1. The summed E-state index contributed by atoms with van der Waals surface area (Å²) in [6, 6.07) is 9.32. The molecule has 118 valence electrons. The zero-order valence-corrected chi connectivity index (χ0v) is 14.6. The quantitative estimate of drug-likeness (QED) is 0.653. The summed E-state index contributed by atoms with van der Waals surface area (Å²) >= 11 is 8.46. The summed E-state index contributed by atoms with van der Waals surface area (Å²) in [4.78, 5) is 28.9. The van der Waals surface area contributed by atoms with Crippen molar-refractivity contribution in [3.05, 3.63) is 45.1 Å². The highest BCUT2D eigenvalue weighted by atomic mass is 35.5. The number of halogens is 1. The van der Waals surface area contributed by atoms with E-state index in [2.05, 4.69) is 10.3 Å². The second-order valence-corrected chi connectivity index (χ2v) is 7.81. The van der Waals surface area contributed by atoms with Gasteiger partial charge in [0.2, 0.25) is 5.91 Å². The van der Waals surface area contributed by atoms with Gasteiger partial charge in [-0.3, -0.25) is 9.59 Å². The number of aromatic nitrogens is 1. The van der Waals surface area contributed by atoms with Crippen LogP contribution in [0.2, 0.25) is 4.34 Å². The number of amides is 1. The molecule has 0 aliphatic rings. The number of Topliss-reactive ketones (excluding diaryl/α,β-unsaturated/α-hetero) is 1. The number of ketones is 1. The van der Waals surface area contributed by atoms with E-state index < -0.39 is 0 Å². The third-order valence-corrected chi connectivity index (χ3v) is 5.42. The van der Waals surface area contributed by atoms with Crippen molar-refractivity contribution in [3.63, 3.8) is 0 Å². The minimum Gasteiger partial charge on any atom is -0.302 e. The SMILES string of the molecule is Cc1ccc2nc(NC(=O)CCC(=O)c3ccc(Cl)s3)sc2c1. The predicted molar refractivity (Wildman–Crippen MR) is 95.9 cm³/mol. The Morgan fingerprint density at radius 1 is 1.17 bits per heavy atom. The summed E-state index contributed by atoms with van der Waals surface area (Å²) in [6.45, 7) is 2.01. The highest BCUT2D eigenvalue weighted by Gasteiger charge is 2.13. The molecule has 0 unspecified atom stereocenters. The van der Waals surface area contributed by atoms with E-state index in [4.69, 9.17) is 11.6 Å². The van der Waals surface area contributed by atoms with Gasteiger partial charge in [-0.1, -0.05) is 29.0 Å². The zero-order valence-electron chi connectivity index (χ0n) is 12.3. The standard InChI is InChI=1S/C16H13ClN2O2S2/c1-9-2-3-10-13(8-9)23-16(18-10)19-15(21)7-4-11(20)12-5-6-14(17)22-12/h2-3,5-6,8H,4,7H2,1H3,(H,18,19,21). The molecule has 0 saturated carbocycles. The van der Waals surface area contributed by atoms with Crippen LogP contribution >= 0.6 is 34.3 Å². The Labute approximate surface area is 146 Å². The summed E-state index contributed by atoms with van der Waals surface area (Å²) < 4.78 is 1.60. The van der Waals surface area contributed by atoms with Crippen molar-refractivity contribution in [3.8, 4) is 0 Å². The van der Waals surface area contributed by atoms with E-state index in [9.17, 15) is 9.59 Å². The molecule has 7 heteroatoms. The third-order valence-electron chi connectivity index (χ3n) is 3.22. The maximum atomic E-state index is 12.0. The van der Waals surface area contributed by atoms with Gasteiger partial charge in [0.1, 0.15) is 0 Å². The van der Waals surface area contributed by atoms with Crippen molar-refractivity contribution in [1.82, 2.24) is 4.98 Å². The summed E-state index contributed by atoms with van der Waals surface area (Å²) in [5.74, 6) is -0.284. The Morgan fingerprint density at radius 2 is 2.00 bits per heavy atom. The second-order valence-electron chi connectivity index (χ2n) is 5.07. The molecule has 23 heavy (non-hydrogen) atoms. The molecular formula is C16H13ClN2O2S2. The van der Waals surface area contributed by atoms with Gasteiger partial charge in [0.05, 0.1) is 19.4 Å². The molecule has 0 fully saturated rings. The molecule has 3 rings (SSSR count). The lowest BCUT2D eigenvalue weighted by atomic mass is 10.2. The van der Waals surface area contributed by atoms with Crippen LogP contribution in [0.15, 0.2) is 30.3 Å². The number of thiazole rings is 1. The first-order valence-electron chi connectivity index (χ1n) is 6.97. The Hall–Kier alpha value is -1.76. The number of nitrogens with zero attached hydrogens (tertiary/aromatic N) is 1. The number of hydrogen-bond donors (Lipinski definition) is 1. The van der Waals surface area contributed by atoms with Gasteiger partial charge < -0.3 is 5.32 Å². The lowest BCUT2D eigenvalue weighted by molar-refractivity contribution is -0.116. The third kappa shape index (κ3) is 3.96. The molecule has 0 saturated heterocycles. The van der Waals surface area contributed by atoms with Crippen molar-refractivity contribution in [2.45, 2.75) is 19.8 Å². The Morgan fingerprint density at radius 3 is 2.74 bits per heavy atom. The van der Waals surface area contributed by atoms with Gasteiger partial charge in [0.25, 0.3) is 0 Å². The highest BCUT2D eigenvalue weighted by Crippen LogP contribution is 2.27. The lowest BCUT2D eigenvalue weighted by Crippen LogP contribution is -2.12. The summed E-state index contributed by atoms with van der Waals surface area (Å²) in [5, 5.41) is 3.31. The Bertz CT molecular complexity index is 885. The molecule has 3 aromatic rings. The Balaban J connectivity index is 1.59. The Kier molecular flexibility index (Phi) is 4.75. The number of rotatable bonds is 5. The first-order valence-corrected chi connectivity index (χ1v) is 8.98. The summed E-state index contributed by atoms with van der Waals surface area (Å²) in [7, 11) is 0. The van der Waals surface area contributed by atoms with E-state index in [1.165, 1.54) is 22.7 Å². The minimum atomic E-state index is -0.211. The van der Waals surface area contributed by atoms with E-state index in [0.717, 1.165) is 15.8 Å².